The molecule has 0 saturated heterocycles. The average Bonchev–Trinajstić information content (AvgIpc) is 2.93. The lowest BCUT2D eigenvalue weighted by Crippen LogP contribution is -2.36. The molecule has 2 N–H and O–H groups in total. The first-order chi connectivity index (χ1) is 19.6. The smallest absolute Gasteiger partial charge is 0.260 e. The maximum atomic E-state index is 13.7. The first kappa shape index (κ1) is 29.4. The minimum absolute atomic E-state index is 0.119. The first-order valence-corrected chi connectivity index (χ1v) is 16.6. The molecule has 0 radical (unpaired) electrons. The van der Waals surface area contributed by atoms with Gasteiger partial charge in [0.1, 0.15) is 11.5 Å². The lowest BCUT2D eigenvalue weighted by atomic mass is 9.91. The summed E-state index contributed by atoms with van der Waals surface area (Å²) in [6.07, 6.45) is 13.0. The van der Waals surface area contributed by atoms with Gasteiger partial charge in [0, 0.05) is 47.0 Å². The molecule has 3 aromatic heterocycles. The molecule has 2 fully saturated rings. The number of aromatic nitrogens is 4. The molecule has 222 valence electrons. The fourth-order valence-corrected chi connectivity index (χ4v) is 7.75. The second-order valence-corrected chi connectivity index (χ2v) is 14.0. The van der Waals surface area contributed by atoms with E-state index in [1.165, 1.54) is 6.42 Å². The largest absolute Gasteiger partial charge is 0.351 e. The number of sulfonamides is 1. The maximum absolute atomic E-state index is 13.7. The van der Waals surface area contributed by atoms with Crippen molar-refractivity contribution in [2.75, 3.05) is 29.9 Å². The summed E-state index contributed by atoms with van der Waals surface area (Å²) in [4.78, 5) is 29.7. The van der Waals surface area contributed by atoms with Crippen molar-refractivity contribution in [3.8, 4) is 11.1 Å². The number of nitrogens with one attached hydrogen (secondary N) is 2. The van der Waals surface area contributed by atoms with E-state index in [1.807, 2.05) is 13.8 Å². The van der Waals surface area contributed by atoms with Gasteiger partial charge >= 0.3 is 0 Å². The van der Waals surface area contributed by atoms with Crippen LogP contribution in [0.5, 0.6) is 0 Å². The van der Waals surface area contributed by atoms with Crippen LogP contribution in [-0.2, 0) is 10.0 Å². The Morgan fingerprint density at radius 2 is 1.73 bits per heavy atom. The third-order valence-corrected chi connectivity index (χ3v) is 9.99. The van der Waals surface area contributed by atoms with E-state index in [2.05, 4.69) is 39.0 Å². The Labute approximate surface area is 243 Å². The number of nitrogens with zero attached hydrogens (tertiary/aromatic N) is 5. The molecule has 2 saturated carbocycles. The van der Waals surface area contributed by atoms with Gasteiger partial charge in [0.2, 0.25) is 16.0 Å². The van der Waals surface area contributed by atoms with Gasteiger partial charge in [-0.3, -0.25) is 14.1 Å². The summed E-state index contributed by atoms with van der Waals surface area (Å²) >= 11 is 0. The standard InChI is InChI=1S/C30H43N7O3S/c1-20(2)37-28-23(18-32-30(34-28)33-24-11-13-25(14-12-24)36(3)4)16-26(29(37)38)22-10-15-27(31-17-22)35-41(39,40)19-21-8-6-5-7-9-21/h10,15-18,20-21,24-25H,5-9,11-14,19H2,1-4H3,(H,31,35)(H,32,33,34). The summed E-state index contributed by atoms with van der Waals surface area (Å²) in [5.41, 5.74) is 1.51. The van der Waals surface area contributed by atoms with E-state index < -0.39 is 10.0 Å². The second kappa shape index (κ2) is 12.4. The van der Waals surface area contributed by atoms with Crippen LogP contribution in [0.15, 0.2) is 35.4 Å². The molecule has 0 aromatic carbocycles. The lowest BCUT2D eigenvalue weighted by Gasteiger charge is -2.33. The van der Waals surface area contributed by atoms with Crippen LogP contribution < -0.4 is 15.6 Å². The zero-order valence-corrected chi connectivity index (χ0v) is 25.5. The average molecular weight is 582 g/mol. The Hall–Kier alpha value is -3.05. The van der Waals surface area contributed by atoms with E-state index >= 15 is 0 Å². The highest BCUT2D eigenvalue weighted by Gasteiger charge is 2.24. The fraction of sp³-hybridized carbons (Fsp3) is 0.600. The molecule has 2 aliphatic rings. The molecule has 0 amide bonds. The van der Waals surface area contributed by atoms with E-state index in [-0.39, 0.29) is 29.1 Å². The highest BCUT2D eigenvalue weighted by atomic mass is 32.2. The van der Waals surface area contributed by atoms with Gasteiger partial charge in [-0.05, 0) is 90.6 Å². The van der Waals surface area contributed by atoms with Crippen molar-refractivity contribution in [1.29, 1.82) is 0 Å². The Morgan fingerprint density at radius 1 is 1.00 bits per heavy atom. The molecule has 0 bridgehead atoms. The molecule has 5 rings (SSSR count). The Morgan fingerprint density at radius 3 is 2.37 bits per heavy atom. The van der Waals surface area contributed by atoms with Gasteiger partial charge in [-0.15, -0.1) is 0 Å². The molecule has 3 aromatic rings. The first-order valence-electron chi connectivity index (χ1n) is 14.9. The quantitative estimate of drug-likeness (QED) is 0.360. The lowest BCUT2D eigenvalue weighted by molar-refractivity contribution is 0.221. The number of hydrogen-bond acceptors (Lipinski definition) is 8. The Kier molecular flexibility index (Phi) is 8.94. The van der Waals surface area contributed by atoms with Gasteiger partial charge in [0.05, 0.1) is 5.75 Å². The van der Waals surface area contributed by atoms with Crippen LogP contribution in [0.4, 0.5) is 11.8 Å². The molecule has 0 spiro atoms. The molecule has 0 unspecified atom stereocenters. The zero-order chi connectivity index (χ0) is 29.1. The summed E-state index contributed by atoms with van der Waals surface area (Å²) in [5, 5.41) is 4.25. The van der Waals surface area contributed by atoms with Crippen LogP contribution in [0.1, 0.15) is 77.7 Å². The normalized spacial score (nSPS) is 20.5. The van der Waals surface area contributed by atoms with Gasteiger partial charge in [-0.2, -0.15) is 4.98 Å². The van der Waals surface area contributed by atoms with E-state index in [9.17, 15) is 13.2 Å². The van der Waals surface area contributed by atoms with Crippen molar-refractivity contribution in [3.63, 3.8) is 0 Å². The number of anilines is 2. The predicted octanol–water partition coefficient (Wildman–Crippen LogP) is 5.04. The molecular weight excluding hydrogens is 538 g/mol. The summed E-state index contributed by atoms with van der Waals surface area (Å²) < 4.78 is 29.7. The molecule has 0 atom stereocenters. The van der Waals surface area contributed by atoms with Gasteiger partial charge in [0.15, 0.2) is 0 Å². The summed E-state index contributed by atoms with van der Waals surface area (Å²) in [6.45, 7) is 3.93. The van der Waals surface area contributed by atoms with Crippen LogP contribution >= 0.6 is 0 Å². The van der Waals surface area contributed by atoms with Crippen LogP contribution in [0.2, 0.25) is 0 Å². The summed E-state index contributed by atoms with van der Waals surface area (Å²) in [6, 6.07) is 5.95. The monoisotopic (exact) mass is 581 g/mol. The fourth-order valence-electron chi connectivity index (χ4n) is 6.27. The Balaban J connectivity index is 1.35. The van der Waals surface area contributed by atoms with Gasteiger partial charge in [-0.1, -0.05) is 19.3 Å². The molecule has 41 heavy (non-hydrogen) atoms. The molecular formula is C30H43N7O3S. The molecule has 10 nitrogen and oxygen atoms in total. The van der Waals surface area contributed by atoms with Crippen molar-refractivity contribution in [2.24, 2.45) is 5.92 Å². The van der Waals surface area contributed by atoms with Gasteiger partial charge < -0.3 is 10.2 Å². The van der Waals surface area contributed by atoms with Gasteiger partial charge in [-0.25, -0.2) is 18.4 Å². The van der Waals surface area contributed by atoms with Gasteiger partial charge in [0.25, 0.3) is 5.56 Å². The maximum Gasteiger partial charge on any atom is 0.260 e. The number of rotatable bonds is 9. The van der Waals surface area contributed by atoms with Crippen molar-refractivity contribution in [1.82, 2.24) is 24.4 Å². The molecule has 0 aliphatic heterocycles. The molecule has 11 heteroatoms. The second-order valence-electron chi connectivity index (χ2n) is 12.2. The summed E-state index contributed by atoms with van der Waals surface area (Å²) in [7, 11) is 0.776. The third kappa shape index (κ3) is 7.06. The molecule has 3 heterocycles. The van der Waals surface area contributed by atoms with Crippen molar-refractivity contribution in [2.45, 2.75) is 89.8 Å². The van der Waals surface area contributed by atoms with Crippen LogP contribution in [0, 0.1) is 5.92 Å². The van der Waals surface area contributed by atoms with Crippen LogP contribution in [0.25, 0.3) is 22.2 Å². The van der Waals surface area contributed by atoms with Crippen molar-refractivity contribution in [3.05, 3.63) is 40.9 Å². The number of fused-ring (bicyclic) bond motifs is 1. The predicted molar refractivity (Wildman–Crippen MR) is 165 cm³/mol. The zero-order valence-electron chi connectivity index (χ0n) is 24.6. The van der Waals surface area contributed by atoms with Crippen LogP contribution in [0.3, 0.4) is 0 Å². The van der Waals surface area contributed by atoms with E-state index in [0.29, 0.717) is 34.8 Å². The number of pyridine rings is 2. The molecule has 2 aliphatic carbocycles. The third-order valence-electron chi connectivity index (χ3n) is 8.56. The highest BCUT2D eigenvalue weighted by molar-refractivity contribution is 7.92. The topological polar surface area (TPSA) is 122 Å². The summed E-state index contributed by atoms with van der Waals surface area (Å²) in [5.74, 6) is 1.12. The minimum Gasteiger partial charge on any atom is -0.351 e. The van der Waals surface area contributed by atoms with E-state index in [1.54, 1.807) is 35.2 Å². The highest BCUT2D eigenvalue weighted by Crippen LogP contribution is 2.27. The van der Waals surface area contributed by atoms with Crippen molar-refractivity contribution >= 4 is 32.8 Å². The SMILES string of the molecule is CC(C)n1c(=O)c(-c2ccc(NS(=O)(=O)CC3CCCCC3)nc2)cc2cnc(NC3CCC(N(C)C)CC3)nc21. The van der Waals surface area contributed by atoms with Crippen molar-refractivity contribution < 1.29 is 8.42 Å². The Bertz CT molecular complexity index is 1510. The minimum atomic E-state index is -3.49. The van der Waals surface area contributed by atoms with Crippen LogP contribution in [-0.4, -0.2) is 64.8 Å². The van der Waals surface area contributed by atoms with E-state index in [0.717, 1.165) is 56.8 Å². The van der Waals surface area contributed by atoms with E-state index in [4.69, 9.17) is 4.98 Å². The number of hydrogen-bond donors (Lipinski definition) is 2.